The van der Waals surface area contributed by atoms with Crippen molar-refractivity contribution in [2.45, 2.75) is 18.0 Å². The van der Waals surface area contributed by atoms with Gasteiger partial charge in [-0.15, -0.1) is 11.6 Å². The normalized spacial score (nSPS) is 13.2. The van der Waals surface area contributed by atoms with Crippen molar-refractivity contribution < 1.29 is 22.0 Å². The van der Waals surface area contributed by atoms with E-state index in [1.54, 1.807) is 0 Å². The van der Waals surface area contributed by atoms with Crippen molar-refractivity contribution in [2.24, 2.45) is 0 Å². The third-order valence-electron chi connectivity index (χ3n) is 3.00. The van der Waals surface area contributed by atoms with Gasteiger partial charge in [-0.25, -0.2) is 8.78 Å². The predicted octanol–water partition coefficient (Wildman–Crippen LogP) is 5.51. The van der Waals surface area contributed by atoms with Gasteiger partial charge in [0.25, 0.3) is 0 Å². The molecule has 2 rings (SSSR count). The summed E-state index contributed by atoms with van der Waals surface area (Å²) in [6.45, 7) is 0. The van der Waals surface area contributed by atoms with E-state index >= 15 is 0 Å². The van der Waals surface area contributed by atoms with Crippen LogP contribution in [0.5, 0.6) is 0 Å². The molecule has 0 aliphatic heterocycles. The first-order chi connectivity index (χ1) is 9.77. The fraction of sp³-hybridized carbons (Fsp3) is 0.200. The summed E-state index contributed by atoms with van der Waals surface area (Å²) in [5.74, 6) is -1.98. The first-order valence-corrected chi connectivity index (χ1v) is 6.46. The minimum Gasteiger partial charge on any atom is -0.204 e. The molecule has 0 N–H and O–H groups in total. The Morgan fingerprint density at radius 1 is 0.905 bits per heavy atom. The van der Waals surface area contributed by atoms with Crippen LogP contribution in [-0.4, -0.2) is 0 Å². The van der Waals surface area contributed by atoms with Gasteiger partial charge in [-0.05, 0) is 41.8 Å². The Hall–Kier alpha value is -1.62. The topological polar surface area (TPSA) is 0 Å². The summed E-state index contributed by atoms with van der Waals surface area (Å²) in [7, 11) is 0. The van der Waals surface area contributed by atoms with Gasteiger partial charge in [0.15, 0.2) is 11.6 Å². The van der Waals surface area contributed by atoms with Gasteiger partial charge in [-0.1, -0.05) is 18.2 Å². The lowest BCUT2D eigenvalue weighted by atomic mass is 10.0. The Bertz CT molecular complexity index is 619. The largest absolute Gasteiger partial charge is 0.416 e. The van der Waals surface area contributed by atoms with E-state index in [-0.39, 0.29) is 6.42 Å². The fourth-order valence-electron chi connectivity index (χ4n) is 1.86. The molecule has 21 heavy (non-hydrogen) atoms. The van der Waals surface area contributed by atoms with Gasteiger partial charge in [0.2, 0.25) is 0 Å². The minimum atomic E-state index is -4.39. The third-order valence-corrected chi connectivity index (χ3v) is 3.41. The van der Waals surface area contributed by atoms with E-state index < -0.39 is 28.8 Å². The second kappa shape index (κ2) is 6.02. The maximum Gasteiger partial charge on any atom is 0.416 e. The molecule has 0 nitrogen and oxygen atoms in total. The van der Waals surface area contributed by atoms with Crippen LogP contribution in [0.1, 0.15) is 22.1 Å². The van der Waals surface area contributed by atoms with Crippen molar-refractivity contribution in [3.63, 3.8) is 0 Å². The number of benzene rings is 2. The number of hydrogen-bond donors (Lipinski definition) is 0. The molecule has 0 aliphatic carbocycles. The summed E-state index contributed by atoms with van der Waals surface area (Å²) >= 11 is 6.08. The van der Waals surface area contributed by atoms with Crippen LogP contribution in [0, 0.1) is 11.6 Å². The molecule has 2 aromatic rings. The molecule has 0 spiro atoms. The molecule has 0 heterocycles. The van der Waals surface area contributed by atoms with Crippen molar-refractivity contribution in [1.29, 1.82) is 0 Å². The standard InChI is InChI=1S/C15H10ClF5/c16-12(10-3-6-13(17)14(18)8-10)7-9-1-4-11(5-2-9)15(19,20)21/h1-6,8,12H,7H2. The Balaban J connectivity index is 2.12. The molecule has 0 bridgehead atoms. The Morgan fingerprint density at radius 2 is 1.52 bits per heavy atom. The molecule has 0 aliphatic rings. The Kier molecular flexibility index (Phi) is 4.52. The van der Waals surface area contributed by atoms with Crippen LogP contribution in [0.15, 0.2) is 42.5 Å². The van der Waals surface area contributed by atoms with E-state index in [0.29, 0.717) is 11.1 Å². The third kappa shape index (κ3) is 3.94. The summed E-state index contributed by atoms with van der Waals surface area (Å²) in [5, 5.41) is -0.656. The minimum absolute atomic E-state index is 0.213. The van der Waals surface area contributed by atoms with Crippen LogP contribution < -0.4 is 0 Å². The molecule has 0 fully saturated rings. The zero-order chi connectivity index (χ0) is 15.6. The maximum atomic E-state index is 13.1. The van der Waals surface area contributed by atoms with Crippen molar-refractivity contribution in [3.8, 4) is 0 Å². The van der Waals surface area contributed by atoms with Gasteiger partial charge >= 0.3 is 6.18 Å². The predicted molar refractivity (Wildman–Crippen MR) is 70.1 cm³/mol. The molecule has 112 valence electrons. The monoisotopic (exact) mass is 320 g/mol. The van der Waals surface area contributed by atoms with Crippen molar-refractivity contribution in [2.75, 3.05) is 0 Å². The highest BCUT2D eigenvalue weighted by Gasteiger charge is 2.30. The SMILES string of the molecule is Fc1ccc(C(Cl)Cc2ccc(C(F)(F)F)cc2)cc1F. The van der Waals surface area contributed by atoms with Crippen LogP contribution in [0.2, 0.25) is 0 Å². The van der Waals surface area contributed by atoms with Gasteiger partial charge in [-0.3, -0.25) is 0 Å². The summed E-state index contributed by atoms with van der Waals surface area (Å²) in [5.41, 5.74) is 0.202. The molecule has 0 saturated carbocycles. The number of hydrogen-bond acceptors (Lipinski definition) is 0. The van der Waals surface area contributed by atoms with E-state index in [1.165, 1.54) is 18.2 Å². The molecular weight excluding hydrogens is 311 g/mol. The lowest BCUT2D eigenvalue weighted by Gasteiger charge is -2.12. The van der Waals surface area contributed by atoms with E-state index in [2.05, 4.69) is 0 Å². The van der Waals surface area contributed by atoms with Gasteiger partial charge in [0, 0.05) is 0 Å². The van der Waals surface area contributed by atoms with Crippen LogP contribution in [0.25, 0.3) is 0 Å². The molecule has 0 aromatic heterocycles. The highest BCUT2D eigenvalue weighted by atomic mass is 35.5. The Labute approximate surface area is 123 Å². The number of rotatable bonds is 3. The summed E-state index contributed by atoms with van der Waals surface area (Å²) < 4.78 is 63.2. The first kappa shape index (κ1) is 15.8. The number of alkyl halides is 4. The quantitative estimate of drug-likeness (QED) is 0.517. The highest BCUT2D eigenvalue weighted by molar-refractivity contribution is 6.20. The first-order valence-electron chi connectivity index (χ1n) is 6.02. The van der Waals surface area contributed by atoms with Crippen molar-refractivity contribution in [3.05, 3.63) is 70.8 Å². The average Bonchev–Trinajstić information content (AvgIpc) is 2.41. The lowest BCUT2D eigenvalue weighted by molar-refractivity contribution is -0.137. The van der Waals surface area contributed by atoms with Crippen LogP contribution in [0.3, 0.4) is 0 Å². The fourth-order valence-corrected chi connectivity index (χ4v) is 2.18. The van der Waals surface area contributed by atoms with Crippen LogP contribution in [-0.2, 0) is 12.6 Å². The van der Waals surface area contributed by atoms with E-state index in [0.717, 1.165) is 24.3 Å². The molecule has 2 aromatic carbocycles. The summed E-state index contributed by atoms with van der Waals surface area (Å²) in [6, 6.07) is 7.86. The second-order valence-corrected chi connectivity index (χ2v) is 5.07. The molecule has 1 atom stereocenters. The Morgan fingerprint density at radius 3 is 2.05 bits per heavy atom. The average molecular weight is 321 g/mol. The summed E-state index contributed by atoms with van der Waals surface area (Å²) in [4.78, 5) is 0. The lowest BCUT2D eigenvalue weighted by Crippen LogP contribution is -2.05. The molecule has 0 radical (unpaired) electrons. The summed E-state index contributed by atoms with van der Waals surface area (Å²) in [6.07, 6.45) is -4.18. The van der Waals surface area contributed by atoms with Gasteiger partial charge in [-0.2, -0.15) is 13.2 Å². The molecule has 6 heteroatoms. The van der Waals surface area contributed by atoms with Gasteiger partial charge < -0.3 is 0 Å². The highest BCUT2D eigenvalue weighted by Crippen LogP contribution is 2.31. The zero-order valence-electron chi connectivity index (χ0n) is 10.6. The zero-order valence-corrected chi connectivity index (χ0v) is 11.3. The molecule has 0 saturated heterocycles. The molecule has 0 amide bonds. The van der Waals surface area contributed by atoms with E-state index in [4.69, 9.17) is 11.6 Å². The van der Waals surface area contributed by atoms with E-state index in [9.17, 15) is 22.0 Å². The van der Waals surface area contributed by atoms with Crippen molar-refractivity contribution in [1.82, 2.24) is 0 Å². The maximum absolute atomic E-state index is 13.1. The second-order valence-electron chi connectivity index (χ2n) is 4.54. The number of halogens is 6. The molecule has 1 unspecified atom stereocenters. The van der Waals surface area contributed by atoms with Crippen LogP contribution in [0.4, 0.5) is 22.0 Å². The van der Waals surface area contributed by atoms with Gasteiger partial charge in [0.1, 0.15) is 0 Å². The molecular formula is C15H10ClF5. The smallest absolute Gasteiger partial charge is 0.204 e. The van der Waals surface area contributed by atoms with E-state index in [1.807, 2.05) is 0 Å². The van der Waals surface area contributed by atoms with Gasteiger partial charge in [0.05, 0.1) is 10.9 Å². The van der Waals surface area contributed by atoms with Crippen molar-refractivity contribution >= 4 is 11.6 Å². The van der Waals surface area contributed by atoms with Crippen LogP contribution >= 0.6 is 11.6 Å².